The van der Waals surface area contributed by atoms with Gasteiger partial charge in [0.2, 0.25) is 0 Å². The Hall–Kier alpha value is -0.850. The fraction of sp³-hybridized carbons (Fsp3) is 0.667. The molecule has 0 aromatic carbocycles. The maximum absolute atomic E-state index is 11.7. The SMILES string of the molecule is Cc1occc1CN(C)C1(CN)CCS(=O)(=O)C1. The van der Waals surface area contributed by atoms with Crippen LogP contribution in [0.25, 0.3) is 0 Å². The number of nitrogens with two attached hydrogens (primary N) is 1. The summed E-state index contributed by atoms with van der Waals surface area (Å²) in [6.07, 6.45) is 2.26. The number of furan rings is 1. The maximum Gasteiger partial charge on any atom is 0.152 e. The fourth-order valence-corrected chi connectivity index (χ4v) is 4.65. The van der Waals surface area contributed by atoms with Crippen LogP contribution in [0.15, 0.2) is 16.7 Å². The summed E-state index contributed by atoms with van der Waals surface area (Å²) in [6.45, 7) is 2.93. The molecule has 5 nitrogen and oxygen atoms in total. The Morgan fingerprint density at radius 2 is 2.28 bits per heavy atom. The Balaban J connectivity index is 2.17. The van der Waals surface area contributed by atoms with E-state index in [1.807, 2.05) is 20.0 Å². The molecule has 6 heteroatoms. The molecule has 0 saturated carbocycles. The third kappa shape index (κ3) is 2.46. The molecule has 2 N–H and O–H groups in total. The molecule has 1 atom stereocenters. The highest BCUT2D eigenvalue weighted by atomic mass is 32.2. The van der Waals surface area contributed by atoms with Gasteiger partial charge in [0, 0.05) is 24.2 Å². The largest absolute Gasteiger partial charge is 0.469 e. The highest BCUT2D eigenvalue weighted by molar-refractivity contribution is 7.91. The van der Waals surface area contributed by atoms with E-state index in [-0.39, 0.29) is 11.5 Å². The molecule has 102 valence electrons. The van der Waals surface area contributed by atoms with Crippen LogP contribution in [0.2, 0.25) is 0 Å². The van der Waals surface area contributed by atoms with Gasteiger partial charge in [-0.05, 0) is 26.5 Å². The van der Waals surface area contributed by atoms with Gasteiger partial charge in [0.25, 0.3) is 0 Å². The summed E-state index contributed by atoms with van der Waals surface area (Å²) >= 11 is 0. The van der Waals surface area contributed by atoms with Crippen LogP contribution in [0.5, 0.6) is 0 Å². The highest BCUT2D eigenvalue weighted by Gasteiger charge is 2.44. The molecule has 1 aliphatic heterocycles. The van der Waals surface area contributed by atoms with Crippen molar-refractivity contribution >= 4 is 9.84 Å². The van der Waals surface area contributed by atoms with Gasteiger partial charge in [-0.15, -0.1) is 0 Å². The Kier molecular flexibility index (Phi) is 3.53. The number of rotatable bonds is 4. The van der Waals surface area contributed by atoms with Crippen LogP contribution >= 0.6 is 0 Å². The summed E-state index contributed by atoms with van der Waals surface area (Å²) in [6, 6.07) is 1.92. The molecule has 1 aromatic heterocycles. The lowest BCUT2D eigenvalue weighted by Crippen LogP contribution is -2.52. The first-order valence-corrected chi connectivity index (χ1v) is 7.85. The average molecular weight is 272 g/mol. The van der Waals surface area contributed by atoms with Crippen LogP contribution in [0.4, 0.5) is 0 Å². The zero-order valence-corrected chi connectivity index (χ0v) is 11.7. The van der Waals surface area contributed by atoms with Crippen molar-refractivity contribution in [1.82, 2.24) is 4.90 Å². The number of hydrogen-bond acceptors (Lipinski definition) is 5. The first-order chi connectivity index (χ1) is 8.38. The predicted octanol–water partition coefficient (Wildman–Crippen LogP) is 0.536. The Morgan fingerprint density at radius 3 is 2.72 bits per heavy atom. The van der Waals surface area contributed by atoms with Crippen molar-refractivity contribution in [2.45, 2.75) is 25.4 Å². The summed E-state index contributed by atoms with van der Waals surface area (Å²) in [5, 5.41) is 0. The molecule has 0 spiro atoms. The zero-order chi connectivity index (χ0) is 13.4. The molecule has 0 amide bonds. The maximum atomic E-state index is 11.7. The van der Waals surface area contributed by atoms with Gasteiger partial charge in [-0.25, -0.2) is 8.42 Å². The fourth-order valence-electron chi connectivity index (χ4n) is 2.52. The molecule has 0 bridgehead atoms. The third-order valence-electron chi connectivity index (χ3n) is 3.93. The first kappa shape index (κ1) is 13.6. The van der Waals surface area contributed by atoms with Gasteiger partial charge in [-0.1, -0.05) is 0 Å². The van der Waals surface area contributed by atoms with Gasteiger partial charge >= 0.3 is 0 Å². The van der Waals surface area contributed by atoms with Gasteiger partial charge in [0.05, 0.1) is 17.8 Å². The van der Waals surface area contributed by atoms with E-state index in [1.54, 1.807) is 6.26 Å². The molecule has 1 aliphatic rings. The molecule has 0 aliphatic carbocycles. The lowest BCUT2D eigenvalue weighted by atomic mass is 9.96. The van der Waals surface area contributed by atoms with Crippen molar-refractivity contribution in [3.63, 3.8) is 0 Å². The Bertz CT molecular complexity index is 523. The van der Waals surface area contributed by atoms with Crippen LogP contribution in [-0.4, -0.2) is 44.0 Å². The lowest BCUT2D eigenvalue weighted by Gasteiger charge is -2.36. The summed E-state index contributed by atoms with van der Waals surface area (Å²) in [7, 11) is -1.01. The predicted molar refractivity (Wildman–Crippen MR) is 70.0 cm³/mol. The van der Waals surface area contributed by atoms with Crippen LogP contribution in [0.1, 0.15) is 17.7 Å². The molecule has 1 saturated heterocycles. The molecule has 2 heterocycles. The second-order valence-electron chi connectivity index (χ2n) is 5.13. The number of aryl methyl sites for hydroxylation is 1. The van der Waals surface area contributed by atoms with E-state index in [1.165, 1.54) is 0 Å². The van der Waals surface area contributed by atoms with Gasteiger partial charge in [0.1, 0.15) is 5.76 Å². The number of likely N-dealkylation sites (N-methyl/N-ethyl adjacent to an activating group) is 1. The smallest absolute Gasteiger partial charge is 0.152 e. The van der Waals surface area contributed by atoms with Crippen LogP contribution in [0.3, 0.4) is 0 Å². The van der Waals surface area contributed by atoms with Crippen LogP contribution < -0.4 is 5.73 Å². The number of sulfone groups is 1. The summed E-state index contributed by atoms with van der Waals surface area (Å²) < 4.78 is 28.6. The van der Waals surface area contributed by atoms with Crippen LogP contribution in [0, 0.1) is 6.92 Å². The third-order valence-corrected chi connectivity index (χ3v) is 5.73. The summed E-state index contributed by atoms with van der Waals surface area (Å²) in [4.78, 5) is 2.05. The second-order valence-corrected chi connectivity index (χ2v) is 7.31. The normalized spacial score (nSPS) is 26.9. The zero-order valence-electron chi connectivity index (χ0n) is 10.8. The van der Waals surface area contributed by atoms with Crippen molar-refractivity contribution in [3.8, 4) is 0 Å². The van der Waals surface area contributed by atoms with Gasteiger partial charge in [-0.3, -0.25) is 4.90 Å². The molecule has 18 heavy (non-hydrogen) atoms. The topological polar surface area (TPSA) is 76.5 Å². The van der Waals surface area contributed by atoms with Gasteiger partial charge in [-0.2, -0.15) is 0 Å². The van der Waals surface area contributed by atoms with Crippen LogP contribution in [-0.2, 0) is 16.4 Å². The molecular formula is C12H20N2O3S. The minimum atomic E-state index is -2.95. The minimum absolute atomic E-state index is 0.157. The molecule has 1 aromatic rings. The Morgan fingerprint density at radius 1 is 1.56 bits per heavy atom. The summed E-state index contributed by atoms with van der Waals surface area (Å²) in [5.41, 5.74) is 6.48. The van der Waals surface area contributed by atoms with Crippen molar-refractivity contribution in [3.05, 3.63) is 23.7 Å². The number of nitrogens with zero attached hydrogens (tertiary/aromatic N) is 1. The van der Waals surface area contributed by atoms with E-state index < -0.39 is 15.4 Å². The standard InChI is InChI=1S/C12H20N2O3S/c1-10-11(3-5-17-10)7-14(2)12(8-13)4-6-18(15,16)9-12/h3,5H,4,6-9,13H2,1-2H3. The molecule has 1 fully saturated rings. The molecule has 1 unspecified atom stereocenters. The van der Waals surface area contributed by atoms with E-state index in [0.29, 0.717) is 19.5 Å². The van der Waals surface area contributed by atoms with E-state index in [9.17, 15) is 8.42 Å². The average Bonchev–Trinajstić information content (AvgIpc) is 2.84. The van der Waals surface area contributed by atoms with E-state index >= 15 is 0 Å². The van der Waals surface area contributed by atoms with Crippen molar-refractivity contribution in [2.75, 3.05) is 25.1 Å². The van der Waals surface area contributed by atoms with Gasteiger partial charge in [0.15, 0.2) is 9.84 Å². The van der Waals surface area contributed by atoms with Crippen molar-refractivity contribution in [1.29, 1.82) is 0 Å². The molecule has 2 rings (SSSR count). The van der Waals surface area contributed by atoms with E-state index in [2.05, 4.69) is 4.90 Å². The first-order valence-electron chi connectivity index (χ1n) is 6.03. The monoisotopic (exact) mass is 272 g/mol. The number of hydrogen-bond donors (Lipinski definition) is 1. The highest BCUT2D eigenvalue weighted by Crippen LogP contribution is 2.29. The van der Waals surface area contributed by atoms with E-state index in [0.717, 1.165) is 11.3 Å². The van der Waals surface area contributed by atoms with Gasteiger partial charge < -0.3 is 10.2 Å². The quantitative estimate of drug-likeness (QED) is 0.865. The minimum Gasteiger partial charge on any atom is -0.469 e. The molecular weight excluding hydrogens is 252 g/mol. The second kappa shape index (κ2) is 4.68. The van der Waals surface area contributed by atoms with Crippen molar-refractivity contribution < 1.29 is 12.8 Å². The van der Waals surface area contributed by atoms with E-state index in [4.69, 9.17) is 10.2 Å². The van der Waals surface area contributed by atoms with Crippen molar-refractivity contribution in [2.24, 2.45) is 5.73 Å². The Labute approximate surface area is 108 Å². The molecule has 0 radical (unpaired) electrons. The lowest BCUT2D eigenvalue weighted by molar-refractivity contribution is 0.142. The summed E-state index contributed by atoms with van der Waals surface area (Å²) in [5.74, 6) is 1.26.